The van der Waals surface area contributed by atoms with Gasteiger partial charge in [-0.3, -0.25) is 14.4 Å². The van der Waals surface area contributed by atoms with E-state index < -0.39 is 22.9 Å². The molecule has 2 aliphatic rings. The molecule has 2 heterocycles. The number of amides is 3. The summed E-state index contributed by atoms with van der Waals surface area (Å²) < 4.78 is 18.9. The fourth-order valence-corrected chi connectivity index (χ4v) is 4.86. The Hall–Kier alpha value is -3.79. The molecular formula is C28H34FN5O4. The normalized spacial score (nSPS) is 20.0. The minimum Gasteiger partial charge on any atom is -0.493 e. The molecule has 202 valence electrons. The van der Waals surface area contributed by atoms with E-state index in [1.165, 1.54) is 29.3 Å². The fourth-order valence-electron chi connectivity index (χ4n) is 4.86. The lowest BCUT2D eigenvalue weighted by Crippen LogP contribution is -2.61. The van der Waals surface area contributed by atoms with E-state index in [0.717, 1.165) is 11.3 Å². The zero-order valence-corrected chi connectivity index (χ0v) is 21.9. The Bertz CT molecular complexity index is 1210. The molecule has 10 heteroatoms. The number of nitrogens with zero attached hydrogens (tertiary/aromatic N) is 3. The van der Waals surface area contributed by atoms with Gasteiger partial charge in [0, 0.05) is 33.0 Å². The number of benzene rings is 2. The molecule has 2 aromatic rings. The van der Waals surface area contributed by atoms with Gasteiger partial charge in [-0.2, -0.15) is 5.10 Å². The van der Waals surface area contributed by atoms with Crippen molar-refractivity contribution in [3.05, 3.63) is 66.0 Å². The van der Waals surface area contributed by atoms with Crippen molar-refractivity contribution < 1.29 is 23.5 Å². The van der Waals surface area contributed by atoms with E-state index in [1.54, 1.807) is 25.8 Å². The second kappa shape index (κ2) is 10.9. The molecule has 3 N–H and O–H groups in total. The van der Waals surface area contributed by atoms with E-state index in [0.29, 0.717) is 25.1 Å². The highest BCUT2D eigenvalue weighted by Gasteiger charge is 2.53. The third kappa shape index (κ3) is 5.85. The van der Waals surface area contributed by atoms with Crippen LogP contribution in [0.1, 0.15) is 32.3 Å². The van der Waals surface area contributed by atoms with Gasteiger partial charge in [-0.15, -0.1) is 0 Å². The number of carbonyl (C=O) groups is 3. The number of hydrogen-bond donors (Lipinski definition) is 2. The van der Waals surface area contributed by atoms with Crippen molar-refractivity contribution in [3.63, 3.8) is 0 Å². The quantitative estimate of drug-likeness (QED) is 0.522. The predicted molar refractivity (Wildman–Crippen MR) is 141 cm³/mol. The first-order valence-corrected chi connectivity index (χ1v) is 12.7. The molecule has 0 spiro atoms. The van der Waals surface area contributed by atoms with E-state index in [9.17, 15) is 18.8 Å². The number of halogens is 1. The molecule has 2 aliphatic heterocycles. The van der Waals surface area contributed by atoms with Crippen LogP contribution < -0.4 is 15.8 Å². The van der Waals surface area contributed by atoms with Crippen LogP contribution in [0.4, 0.5) is 4.39 Å². The number of nitrogens with one attached hydrogen (secondary N) is 1. The number of hydrogen-bond acceptors (Lipinski definition) is 6. The number of rotatable bonds is 9. The molecule has 0 radical (unpaired) electrons. The summed E-state index contributed by atoms with van der Waals surface area (Å²) >= 11 is 0. The monoisotopic (exact) mass is 523 g/mol. The van der Waals surface area contributed by atoms with Gasteiger partial charge in [0.25, 0.3) is 5.91 Å². The van der Waals surface area contributed by atoms with E-state index >= 15 is 0 Å². The molecule has 1 fully saturated rings. The van der Waals surface area contributed by atoms with Crippen molar-refractivity contribution in [2.24, 2.45) is 16.3 Å². The molecule has 9 nitrogen and oxygen atoms in total. The zero-order valence-electron chi connectivity index (χ0n) is 21.9. The molecule has 2 atom stereocenters. The van der Waals surface area contributed by atoms with E-state index in [2.05, 4.69) is 10.4 Å². The lowest BCUT2D eigenvalue weighted by Gasteiger charge is -2.41. The minimum absolute atomic E-state index is 0.102. The van der Waals surface area contributed by atoms with E-state index in [1.807, 2.05) is 30.3 Å². The summed E-state index contributed by atoms with van der Waals surface area (Å²) in [5.41, 5.74) is 5.56. The Kier molecular flexibility index (Phi) is 7.82. The maximum Gasteiger partial charge on any atom is 0.256 e. The van der Waals surface area contributed by atoms with Crippen molar-refractivity contribution in [2.45, 2.75) is 44.7 Å². The number of likely N-dealkylation sites (tertiary alicyclic amines) is 1. The van der Waals surface area contributed by atoms with E-state index in [4.69, 9.17) is 10.5 Å². The van der Waals surface area contributed by atoms with Crippen molar-refractivity contribution in [2.75, 3.05) is 26.7 Å². The number of piperidine rings is 1. The van der Waals surface area contributed by atoms with Gasteiger partial charge < -0.3 is 20.7 Å². The van der Waals surface area contributed by atoms with Crippen molar-refractivity contribution in [1.29, 1.82) is 0 Å². The van der Waals surface area contributed by atoms with Crippen molar-refractivity contribution >= 4 is 23.4 Å². The number of hydrazone groups is 1. The first-order valence-electron chi connectivity index (χ1n) is 12.7. The average Bonchev–Trinajstić information content (AvgIpc) is 3.13. The number of fused-ring (bicyclic) bond motifs is 1. The summed E-state index contributed by atoms with van der Waals surface area (Å²) in [5, 5.41) is 8.63. The van der Waals surface area contributed by atoms with E-state index in [-0.39, 0.29) is 37.2 Å². The van der Waals surface area contributed by atoms with Crippen LogP contribution in [0.15, 0.2) is 59.7 Å². The zero-order chi connectivity index (χ0) is 27.5. The van der Waals surface area contributed by atoms with Crippen LogP contribution in [0.3, 0.4) is 0 Å². The standard InChI is InChI=1S/C28H34FN5O4/c1-27(2,30)25(36)31-22(14-16-38-21-11-9-20(29)10-12-21)24(35)34-15-13-23-28(18-34,26(37)33(3)32-23)17-19-7-5-4-6-8-19/h4-12,22H,13-18,30H2,1-3H3,(H,31,36)/t22?,28-/m1/s1. The Labute approximate surface area is 221 Å². The Morgan fingerprint density at radius 1 is 1.18 bits per heavy atom. The lowest BCUT2D eigenvalue weighted by molar-refractivity contribution is -0.142. The Balaban J connectivity index is 1.54. The summed E-state index contributed by atoms with van der Waals surface area (Å²) in [6, 6.07) is 14.3. The first-order chi connectivity index (χ1) is 18.0. The third-order valence-corrected chi connectivity index (χ3v) is 6.94. The molecule has 4 rings (SSSR count). The highest BCUT2D eigenvalue weighted by molar-refractivity contribution is 6.13. The topological polar surface area (TPSA) is 117 Å². The second-order valence-corrected chi connectivity index (χ2v) is 10.5. The van der Waals surface area contributed by atoms with Gasteiger partial charge in [0.15, 0.2) is 0 Å². The lowest BCUT2D eigenvalue weighted by atomic mass is 9.73. The number of ether oxygens (including phenoxy) is 1. The van der Waals surface area contributed by atoms with Crippen molar-refractivity contribution in [1.82, 2.24) is 15.2 Å². The smallest absolute Gasteiger partial charge is 0.256 e. The SMILES string of the molecule is CN1N=C2CCN(C(=O)C(CCOc3ccc(F)cc3)NC(=O)C(C)(C)N)C[C@@]2(Cc2ccccc2)C1=O. The molecule has 38 heavy (non-hydrogen) atoms. The summed E-state index contributed by atoms with van der Waals surface area (Å²) in [7, 11) is 1.63. The summed E-state index contributed by atoms with van der Waals surface area (Å²) in [6.45, 7) is 3.74. The highest BCUT2D eigenvalue weighted by Crippen LogP contribution is 2.38. The van der Waals surface area contributed by atoms with Crippen LogP contribution in [0.2, 0.25) is 0 Å². The Morgan fingerprint density at radius 2 is 1.87 bits per heavy atom. The van der Waals surface area contributed by atoms with Crippen LogP contribution in [0.5, 0.6) is 5.75 Å². The maximum absolute atomic E-state index is 13.8. The van der Waals surface area contributed by atoms with Crippen LogP contribution in [0, 0.1) is 11.2 Å². The maximum atomic E-state index is 13.8. The average molecular weight is 524 g/mol. The van der Waals surface area contributed by atoms with Gasteiger partial charge in [0.2, 0.25) is 11.8 Å². The summed E-state index contributed by atoms with van der Waals surface area (Å²) in [5.74, 6) is -0.889. The number of nitrogens with two attached hydrogens (primary N) is 1. The molecule has 3 amide bonds. The summed E-state index contributed by atoms with van der Waals surface area (Å²) in [4.78, 5) is 41.6. The third-order valence-electron chi connectivity index (χ3n) is 6.94. The molecule has 0 aromatic heterocycles. The van der Waals surface area contributed by atoms with Crippen LogP contribution in [-0.2, 0) is 20.8 Å². The second-order valence-electron chi connectivity index (χ2n) is 10.5. The predicted octanol–water partition coefficient (Wildman–Crippen LogP) is 2.11. The van der Waals surface area contributed by atoms with Gasteiger partial charge in [-0.25, -0.2) is 9.40 Å². The van der Waals surface area contributed by atoms with Gasteiger partial charge in [-0.05, 0) is 50.1 Å². The molecule has 2 aromatic carbocycles. The Morgan fingerprint density at radius 3 is 2.53 bits per heavy atom. The molecule has 1 saturated heterocycles. The van der Waals surface area contributed by atoms with Crippen LogP contribution in [-0.4, -0.2) is 71.7 Å². The largest absolute Gasteiger partial charge is 0.493 e. The van der Waals surface area contributed by atoms with Gasteiger partial charge in [0.1, 0.15) is 23.0 Å². The fraction of sp³-hybridized carbons (Fsp3) is 0.429. The van der Waals surface area contributed by atoms with Crippen LogP contribution in [0.25, 0.3) is 0 Å². The first kappa shape index (κ1) is 27.3. The van der Waals surface area contributed by atoms with Crippen LogP contribution >= 0.6 is 0 Å². The van der Waals surface area contributed by atoms with Gasteiger partial charge >= 0.3 is 0 Å². The minimum atomic E-state index is -1.20. The van der Waals surface area contributed by atoms with Gasteiger partial charge in [-0.1, -0.05) is 30.3 Å². The molecule has 1 unspecified atom stereocenters. The summed E-state index contributed by atoms with van der Waals surface area (Å²) in [6.07, 6.45) is 1.03. The molecule has 0 saturated carbocycles. The van der Waals surface area contributed by atoms with Crippen molar-refractivity contribution in [3.8, 4) is 5.75 Å². The van der Waals surface area contributed by atoms with Gasteiger partial charge in [0.05, 0.1) is 17.9 Å². The molecular weight excluding hydrogens is 489 g/mol. The highest BCUT2D eigenvalue weighted by atomic mass is 19.1. The molecule has 0 aliphatic carbocycles. The molecule has 0 bridgehead atoms. The number of carbonyl (C=O) groups excluding carboxylic acids is 3.